The van der Waals surface area contributed by atoms with E-state index in [0.717, 1.165) is 24.8 Å². The van der Waals surface area contributed by atoms with Gasteiger partial charge < -0.3 is 20.6 Å². The van der Waals surface area contributed by atoms with Crippen LogP contribution in [0.5, 0.6) is 0 Å². The van der Waals surface area contributed by atoms with Gasteiger partial charge in [0.2, 0.25) is 11.8 Å². The Hall–Kier alpha value is -2.41. The molecular weight excluding hydrogens is 406 g/mol. The van der Waals surface area contributed by atoms with Crippen molar-refractivity contribution < 1.29 is 19.5 Å². The summed E-state index contributed by atoms with van der Waals surface area (Å²) in [5, 5.41) is 10.0. The van der Waals surface area contributed by atoms with E-state index in [0.29, 0.717) is 44.7 Å². The highest BCUT2D eigenvalue weighted by Crippen LogP contribution is 2.31. The van der Waals surface area contributed by atoms with E-state index in [1.807, 2.05) is 12.1 Å². The van der Waals surface area contributed by atoms with Gasteiger partial charge in [0.05, 0.1) is 0 Å². The summed E-state index contributed by atoms with van der Waals surface area (Å²) < 4.78 is 0. The third-order valence-electron chi connectivity index (χ3n) is 6.62. The van der Waals surface area contributed by atoms with Crippen LogP contribution in [0.1, 0.15) is 63.5 Å². The van der Waals surface area contributed by atoms with Gasteiger partial charge >= 0.3 is 5.97 Å². The van der Waals surface area contributed by atoms with Crippen LogP contribution in [0.3, 0.4) is 0 Å². The molecule has 3 atom stereocenters. The molecular formula is C25H37N3O4. The van der Waals surface area contributed by atoms with E-state index in [1.54, 1.807) is 4.90 Å². The normalized spacial score (nSPS) is 21.9. The summed E-state index contributed by atoms with van der Waals surface area (Å²) in [4.78, 5) is 41.9. The minimum atomic E-state index is -1.04. The smallest absolute Gasteiger partial charge is 0.326 e. The van der Waals surface area contributed by atoms with Crippen molar-refractivity contribution in [3.05, 3.63) is 35.4 Å². The summed E-state index contributed by atoms with van der Waals surface area (Å²) in [6.45, 7) is 5.45. The molecule has 1 aromatic rings. The molecule has 7 heteroatoms. The highest BCUT2D eigenvalue weighted by molar-refractivity contribution is 5.99. The number of hydrogen-bond acceptors (Lipinski definition) is 4. The Morgan fingerprint density at radius 1 is 1.12 bits per heavy atom. The van der Waals surface area contributed by atoms with Gasteiger partial charge in [0.15, 0.2) is 0 Å². The highest BCUT2D eigenvalue weighted by atomic mass is 16.4. The van der Waals surface area contributed by atoms with E-state index < -0.39 is 24.1 Å². The molecule has 1 aromatic carbocycles. The van der Waals surface area contributed by atoms with E-state index >= 15 is 0 Å². The molecule has 2 amide bonds. The van der Waals surface area contributed by atoms with Crippen LogP contribution in [0.25, 0.3) is 0 Å². The molecule has 32 heavy (non-hydrogen) atoms. The zero-order chi connectivity index (χ0) is 23.3. The van der Waals surface area contributed by atoms with Gasteiger partial charge in [-0.15, -0.1) is 0 Å². The van der Waals surface area contributed by atoms with Crippen molar-refractivity contribution in [2.45, 2.75) is 83.3 Å². The Balaban J connectivity index is 1.77. The average molecular weight is 444 g/mol. The number of piperazine rings is 1. The number of rotatable bonds is 11. The lowest BCUT2D eigenvalue weighted by atomic mass is 9.94. The number of carbonyl (C=O) groups excluding carboxylic acids is 2. The Morgan fingerprint density at radius 3 is 2.44 bits per heavy atom. The number of carboxylic acids is 1. The van der Waals surface area contributed by atoms with Crippen LogP contribution in [0.4, 0.5) is 0 Å². The van der Waals surface area contributed by atoms with Gasteiger partial charge in [-0.25, -0.2) is 4.79 Å². The molecule has 2 heterocycles. The number of hydrogen-bond donors (Lipinski definition) is 2. The molecule has 0 radical (unpaired) electrons. The molecule has 3 N–H and O–H groups in total. The van der Waals surface area contributed by atoms with E-state index in [-0.39, 0.29) is 18.2 Å². The maximum atomic E-state index is 13.3. The van der Waals surface area contributed by atoms with Crippen LogP contribution in [-0.4, -0.2) is 63.9 Å². The number of aryl methyl sites for hydroxylation is 1. The summed E-state index contributed by atoms with van der Waals surface area (Å²) >= 11 is 0. The standard InChI is InChI=1S/C25H37N3O4/c1-17(2)16-19-10-8-18(9-11-19)12-13-22(25(31)32)28-21(6-3-4-14-26)23(29)27-15-5-7-20(27)24(28)30/h8-11,17,20-22H,3-7,12-16,26H2,1-2H3,(H,31,32)/t20-,21-,22-/m0/s1. The van der Waals surface area contributed by atoms with Crippen molar-refractivity contribution in [3.8, 4) is 0 Å². The van der Waals surface area contributed by atoms with Crippen LogP contribution in [0.15, 0.2) is 24.3 Å². The third kappa shape index (κ3) is 5.49. The van der Waals surface area contributed by atoms with Gasteiger partial charge in [0.25, 0.3) is 0 Å². The Kier molecular flexibility index (Phi) is 8.29. The molecule has 2 aliphatic rings. The number of carboxylic acid groups (broad SMARTS) is 1. The molecule has 2 aliphatic heterocycles. The second-order valence-corrected chi connectivity index (χ2v) is 9.54. The van der Waals surface area contributed by atoms with Crippen LogP contribution < -0.4 is 5.73 Å². The lowest BCUT2D eigenvalue weighted by molar-refractivity contribution is -0.168. The topological polar surface area (TPSA) is 104 Å². The Morgan fingerprint density at radius 2 is 1.81 bits per heavy atom. The van der Waals surface area contributed by atoms with Crippen LogP contribution in [0.2, 0.25) is 0 Å². The molecule has 2 saturated heterocycles. The summed E-state index contributed by atoms with van der Waals surface area (Å²) in [5.74, 6) is -0.781. The fourth-order valence-corrected chi connectivity index (χ4v) is 5.04. The molecule has 7 nitrogen and oxygen atoms in total. The number of benzene rings is 1. The molecule has 2 fully saturated rings. The second kappa shape index (κ2) is 10.9. The highest BCUT2D eigenvalue weighted by Gasteiger charge is 2.50. The van der Waals surface area contributed by atoms with Gasteiger partial charge in [-0.1, -0.05) is 38.1 Å². The zero-order valence-corrected chi connectivity index (χ0v) is 19.3. The van der Waals surface area contributed by atoms with Crippen LogP contribution >= 0.6 is 0 Å². The maximum Gasteiger partial charge on any atom is 0.326 e. The third-order valence-corrected chi connectivity index (χ3v) is 6.62. The molecule has 0 aliphatic carbocycles. The van der Waals surface area contributed by atoms with Crippen molar-refractivity contribution in [3.63, 3.8) is 0 Å². The molecule has 0 spiro atoms. The number of fused-ring (bicyclic) bond motifs is 1. The first-order chi connectivity index (χ1) is 15.3. The fraction of sp³-hybridized carbons (Fsp3) is 0.640. The lowest BCUT2D eigenvalue weighted by Crippen LogP contribution is -2.66. The molecule has 0 saturated carbocycles. The van der Waals surface area contributed by atoms with E-state index in [4.69, 9.17) is 5.73 Å². The van der Waals surface area contributed by atoms with Gasteiger partial charge in [-0.2, -0.15) is 0 Å². The summed E-state index contributed by atoms with van der Waals surface area (Å²) in [7, 11) is 0. The Bertz CT molecular complexity index is 808. The van der Waals surface area contributed by atoms with Gasteiger partial charge in [0.1, 0.15) is 18.1 Å². The van der Waals surface area contributed by atoms with Crippen molar-refractivity contribution in [1.29, 1.82) is 0 Å². The maximum absolute atomic E-state index is 13.3. The van der Waals surface area contributed by atoms with Crippen LogP contribution in [0, 0.1) is 5.92 Å². The largest absolute Gasteiger partial charge is 0.480 e. The van der Waals surface area contributed by atoms with Gasteiger partial charge in [0, 0.05) is 6.54 Å². The quantitative estimate of drug-likeness (QED) is 0.512. The molecule has 0 unspecified atom stereocenters. The van der Waals surface area contributed by atoms with Crippen molar-refractivity contribution >= 4 is 17.8 Å². The first-order valence-corrected chi connectivity index (χ1v) is 12.0. The Labute approximate surface area is 190 Å². The first-order valence-electron chi connectivity index (χ1n) is 12.0. The zero-order valence-electron chi connectivity index (χ0n) is 19.3. The number of carbonyl (C=O) groups is 3. The molecule has 0 aromatic heterocycles. The summed E-state index contributed by atoms with van der Waals surface area (Å²) in [5.41, 5.74) is 7.92. The minimum Gasteiger partial charge on any atom is -0.480 e. The average Bonchev–Trinajstić information content (AvgIpc) is 3.24. The molecule has 176 valence electrons. The van der Waals surface area contributed by atoms with E-state index in [1.165, 1.54) is 10.5 Å². The van der Waals surface area contributed by atoms with E-state index in [9.17, 15) is 19.5 Å². The van der Waals surface area contributed by atoms with Gasteiger partial charge in [-0.3, -0.25) is 9.59 Å². The van der Waals surface area contributed by atoms with Crippen molar-refractivity contribution in [2.75, 3.05) is 13.1 Å². The minimum absolute atomic E-state index is 0.103. The SMILES string of the molecule is CC(C)Cc1ccc(CC[C@@H](C(=O)O)N2C(=O)[C@@H]3CCCN3C(=O)[C@@H]2CCCCN)cc1. The molecule has 0 bridgehead atoms. The summed E-state index contributed by atoms with van der Waals surface area (Å²) in [6, 6.07) is 6.03. The fourth-order valence-electron chi connectivity index (χ4n) is 5.04. The number of aliphatic carboxylic acids is 1. The molecule has 3 rings (SSSR count). The monoisotopic (exact) mass is 443 g/mol. The summed E-state index contributed by atoms with van der Waals surface area (Å²) in [6.07, 6.45) is 5.13. The first kappa shape index (κ1) is 24.2. The lowest BCUT2D eigenvalue weighted by Gasteiger charge is -2.45. The number of amides is 2. The second-order valence-electron chi connectivity index (χ2n) is 9.54. The predicted molar refractivity (Wildman–Crippen MR) is 123 cm³/mol. The number of nitrogens with two attached hydrogens (primary N) is 1. The van der Waals surface area contributed by atoms with Crippen molar-refractivity contribution in [1.82, 2.24) is 9.80 Å². The van der Waals surface area contributed by atoms with Gasteiger partial charge in [-0.05, 0) is 75.0 Å². The predicted octanol–water partition coefficient (Wildman–Crippen LogP) is 2.60. The number of unbranched alkanes of at least 4 members (excludes halogenated alkanes) is 1. The van der Waals surface area contributed by atoms with Crippen molar-refractivity contribution in [2.24, 2.45) is 11.7 Å². The number of nitrogens with zero attached hydrogens (tertiary/aromatic N) is 2. The van der Waals surface area contributed by atoms with E-state index in [2.05, 4.69) is 26.0 Å². The van der Waals surface area contributed by atoms with Crippen LogP contribution in [-0.2, 0) is 27.2 Å².